The molecule has 1 N–H and O–H groups in total. The minimum Gasteiger partial charge on any atom is -0.489 e. The van der Waals surface area contributed by atoms with Crippen molar-refractivity contribution in [2.75, 3.05) is 32.8 Å². The maximum Gasteiger partial charge on any atom is 0.234 e. The Hall–Kier alpha value is -1.59. The van der Waals surface area contributed by atoms with Crippen LogP contribution < -0.4 is 10.1 Å². The summed E-state index contributed by atoms with van der Waals surface area (Å²) in [4.78, 5) is 14.1. The maximum absolute atomic E-state index is 12.0. The number of benzene rings is 1. The molecule has 1 amide bonds. The Kier molecular flexibility index (Phi) is 5.29. The van der Waals surface area contributed by atoms with Crippen LogP contribution in [0, 0.1) is 0 Å². The zero-order valence-corrected chi connectivity index (χ0v) is 12.9. The van der Waals surface area contributed by atoms with Crippen molar-refractivity contribution in [1.82, 2.24) is 10.2 Å². The van der Waals surface area contributed by atoms with Gasteiger partial charge in [0.15, 0.2) is 0 Å². The third-order valence-corrected chi connectivity index (χ3v) is 4.19. The van der Waals surface area contributed by atoms with Crippen LogP contribution >= 0.6 is 0 Å². The van der Waals surface area contributed by atoms with Crippen molar-refractivity contribution in [2.45, 2.75) is 31.5 Å². The van der Waals surface area contributed by atoms with Crippen LogP contribution in [-0.2, 0) is 9.53 Å². The fourth-order valence-electron chi connectivity index (χ4n) is 3.02. The van der Waals surface area contributed by atoms with Crippen LogP contribution in [0.15, 0.2) is 30.3 Å². The quantitative estimate of drug-likeness (QED) is 0.864. The molecule has 0 saturated carbocycles. The van der Waals surface area contributed by atoms with Crippen molar-refractivity contribution in [3.63, 3.8) is 0 Å². The molecule has 5 nitrogen and oxygen atoms in total. The zero-order valence-electron chi connectivity index (χ0n) is 12.9. The Morgan fingerprint density at radius 3 is 2.95 bits per heavy atom. The molecule has 0 spiro atoms. The molecule has 0 aromatic heterocycles. The Morgan fingerprint density at radius 2 is 2.18 bits per heavy atom. The fraction of sp³-hybridized carbons (Fsp3) is 0.588. The topological polar surface area (TPSA) is 50.8 Å². The first-order valence-corrected chi connectivity index (χ1v) is 8.12. The Balaban J connectivity index is 1.36. The normalized spacial score (nSPS) is 25.3. The zero-order chi connectivity index (χ0) is 15.2. The van der Waals surface area contributed by atoms with Gasteiger partial charge in [-0.15, -0.1) is 0 Å². The van der Waals surface area contributed by atoms with Crippen LogP contribution in [0.2, 0.25) is 0 Å². The number of likely N-dealkylation sites (tertiary alicyclic amines) is 1. The molecule has 2 saturated heterocycles. The predicted octanol–water partition coefficient (Wildman–Crippen LogP) is 1.43. The van der Waals surface area contributed by atoms with Gasteiger partial charge in [-0.05, 0) is 31.4 Å². The van der Waals surface area contributed by atoms with Gasteiger partial charge in [0, 0.05) is 26.2 Å². The third kappa shape index (κ3) is 4.45. The van der Waals surface area contributed by atoms with E-state index in [0.29, 0.717) is 13.1 Å². The van der Waals surface area contributed by atoms with Gasteiger partial charge in [-0.1, -0.05) is 18.2 Å². The van der Waals surface area contributed by atoms with Crippen LogP contribution in [0.1, 0.15) is 19.3 Å². The number of nitrogens with zero attached hydrogens (tertiary/aromatic N) is 1. The van der Waals surface area contributed by atoms with Crippen molar-refractivity contribution >= 4 is 5.91 Å². The molecule has 1 aromatic rings. The van der Waals surface area contributed by atoms with E-state index in [2.05, 4.69) is 10.2 Å². The highest BCUT2D eigenvalue weighted by Gasteiger charge is 2.25. The lowest BCUT2D eigenvalue weighted by molar-refractivity contribution is -0.122. The first-order chi connectivity index (χ1) is 10.8. The lowest BCUT2D eigenvalue weighted by Gasteiger charge is -2.17. The highest BCUT2D eigenvalue weighted by atomic mass is 16.5. The van der Waals surface area contributed by atoms with E-state index in [4.69, 9.17) is 9.47 Å². The van der Waals surface area contributed by atoms with Gasteiger partial charge in [0.05, 0.1) is 12.6 Å². The van der Waals surface area contributed by atoms with E-state index >= 15 is 0 Å². The summed E-state index contributed by atoms with van der Waals surface area (Å²) in [5.74, 6) is 0.980. The highest BCUT2D eigenvalue weighted by molar-refractivity contribution is 5.78. The van der Waals surface area contributed by atoms with E-state index in [-0.39, 0.29) is 18.1 Å². The van der Waals surface area contributed by atoms with E-state index in [1.165, 1.54) is 0 Å². The summed E-state index contributed by atoms with van der Waals surface area (Å²) in [5.41, 5.74) is 0. The Bertz CT molecular complexity index is 474. The van der Waals surface area contributed by atoms with Crippen molar-refractivity contribution < 1.29 is 14.3 Å². The van der Waals surface area contributed by atoms with E-state index < -0.39 is 0 Å². The molecule has 0 bridgehead atoms. The van der Waals surface area contributed by atoms with Gasteiger partial charge in [-0.3, -0.25) is 9.69 Å². The number of rotatable bonds is 6. The summed E-state index contributed by atoms with van der Waals surface area (Å²) in [7, 11) is 0. The smallest absolute Gasteiger partial charge is 0.234 e. The van der Waals surface area contributed by atoms with E-state index in [0.717, 1.165) is 44.7 Å². The maximum atomic E-state index is 12.0. The average Bonchev–Trinajstić information content (AvgIpc) is 3.18. The molecule has 22 heavy (non-hydrogen) atoms. The Labute approximate surface area is 131 Å². The molecule has 1 aromatic carbocycles. The van der Waals surface area contributed by atoms with Crippen molar-refractivity contribution in [3.8, 4) is 5.75 Å². The molecule has 120 valence electrons. The molecule has 3 rings (SSSR count). The largest absolute Gasteiger partial charge is 0.489 e. The van der Waals surface area contributed by atoms with Gasteiger partial charge in [-0.25, -0.2) is 0 Å². The number of carbonyl (C=O) groups is 1. The second-order valence-electron chi connectivity index (χ2n) is 6.02. The number of para-hydroxylation sites is 1. The van der Waals surface area contributed by atoms with Gasteiger partial charge in [0.1, 0.15) is 11.9 Å². The fourth-order valence-corrected chi connectivity index (χ4v) is 3.02. The minimum absolute atomic E-state index is 0.0795. The molecule has 0 radical (unpaired) electrons. The van der Waals surface area contributed by atoms with Crippen LogP contribution in [0.3, 0.4) is 0 Å². The molecule has 2 aliphatic rings. The summed E-state index contributed by atoms with van der Waals surface area (Å²) in [5, 5.41) is 2.97. The van der Waals surface area contributed by atoms with Gasteiger partial charge in [0.25, 0.3) is 0 Å². The standard InChI is InChI=1S/C17H24N2O3/c20-17(18-11-15-7-4-10-21-15)13-19-9-8-16(12-19)22-14-5-2-1-3-6-14/h1-3,5-6,15-16H,4,7-13H2,(H,18,20). The lowest BCUT2D eigenvalue weighted by atomic mass is 10.2. The van der Waals surface area contributed by atoms with Crippen molar-refractivity contribution in [2.24, 2.45) is 0 Å². The van der Waals surface area contributed by atoms with E-state index in [1.807, 2.05) is 30.3 Å². The molecule has 5 heteroatoms. The van der Waals surface area contributed by atoms with E-state index in [1.54, 1.807) is 0 Å². The van der Waals surface area contributed by atoms with Gasteiger partial charge in [-0.2, -0.15) is 0 Å². The summed E-state index contributed by atoms with van der Waals surface area (Å²) >= 11 is 0. The summed E-state index contributed by atoms with van der Waals surface area (Å²) in [6, 6.07) is 9.86. The predicted molar refractivity (Wildman–Crippen MR) is 83.9 cm³/mol. The monoisotopic (exact) mass is 304 g/mol. The minimum atomic E-state index is 0.0795. The SMILES string of the molecule is O=C(CN1CCC(Oc2ccccc2)C1)NCC1CCCO1. The molecule has 2 heterocycles. The van der Waals surface area contributed by atoms with Crippen LogP contribution in [0.5, 0.6) is 5.75 Å². The number of amides is 1. The second kappa shape index (κ2) is 7.61. The average molecular weight is 304 g/mol. The summed E-state index contributed by atoms with van der Waals surface area (Å²) in [6.45, 7) is 3.62. The van der Waals surface area contributed by atoms with Crippen LogP contribution in [0.4, 0.5) is 0 Å². The number of ether oxygens (including phenoxy) is 2. The van der Waals surface area contributed by atoms with Crippen LogP contribution in [0.25, 0.3) is 0 Å². The van der Waals surface area contributed by atoms with Crippen LogP contribution in [-0.4, -0.2) is 55.8 Å². The number of hydrogen-bond donors (Lipinski definition) is 1. The van der Waals surface area contributed by atoms with Gasteiger partial charge in [0.2, 0.25) is 5.91 Å². The summed E-state index contributed by atoms with van der Waals surface area (Å²) < 4.78 is 11.4. The number of nitrogens with one attached hydrogen (secondary N) is 1. The lowest BCUT2D eigenvalue weighted by Crippen LogP contribution is -2.39. The molecular formula is C17H24N2O3. The number of carbonyl (C=O) groups excluding carboxylic acids is 1. The Morgan fingerprint density at radius 1 is 1.32 bits per heavy atom. The van der Waals surface area contributed by atoms with Gasteiger partial charge >= 0.3 is 0 Å². The third-order valence-electron chi connectivity index (χ3n) is 4.19. The van der Waals surface area contributed by atoms with Gasteiger partial charge < -0.3 is 14.8 Å². The highest BCUT2D eigenvalue weighted by Crippen LogP contribution is 2.17. The first-order valence-electron chi connectivity index (χ1n) is 8.12. The first kappa shape index (κ1) is 15.3. The molecule has 0 aliphatic carbocycles. The summed E-state index contributed by atoms with van der Waals surface area (Å²) in [6.07, 6.45) is 3.50. The molecule has 2 aliphatic heterocycles. The second-order valence-corrected chi connectivity index (χ2v) is 6.02. The molecular weight excluding hydrogens is 280 g/mol. The molecule has 2 unspecified atom stereocenters. The van der Waals surface area contributed by atoms with E-state index in [9.17, 15) is 4.79 Å². The molecule has 2 fully saturated rings. The number of hydrogen-bond acceptors (Lipinski definition) is 4. The van der Waals surface area contributed by atoms with Crippen molar-refractivity contribution in [3.05, 3.63) is 30.3 Å². The molecule has 2 atom stereocenters. The van der Waals surface area contributed by atoms with Crippen molar-refractivity contribution in [1.29, 1.82) is 0 Å².